The molecule has 0 bridgehead atoms. The van der Waals surface area contributed by atoms with Gasteiger partial charge in [0.25, 0.3) is 0 Å². The maximum absolute atomic E-state index is 12.7. The molecule has 0 amide bonds. The zero-order valence-electron chi connectivity index (χ0n) is 13.0. The zero-order chi connectivity index (χ0) is 16.1. The third-order valence-corrected chi connectivity index (χ3v) is 4.88. The molecule has 3 aromatic rings. The van der Waals surface area contributed by atoms with Crippen molar-refractivity contribution in [2.45, 2.75) is 17.9 Å². The minimum absolute atomic E-state index is 0.112. The van der Waals surface area contributed by atoms with Gasteiger partial charge in [0, 0.05) is 0 Å². The minimum Gasteiger partial charge on any atom is -0.237 e. The van der Waals surface area contributed by atoms with Crippen molar-refractivity contribution in [3.63, 3.8) is 0 Å². The summed E-state index contributed by atoms with van der Waals surface area (Å²) < 4.78 is 16.0. The lowest BCUT2D eigenvalue weighted by molar-refractivity contribution is 0.660. The van der Waals surface area contributed by atoms with Gasteiger partial charge in [-0.05, 0) is 30.2 Å². The van der Waals surface area contributed by atoms with Gasteiger partial charge < -0.3 is 0 Å². The molecule has 3 heteroatoms. The smallest absolute Gasteiger partial charge is 0.125 e. The molecule has 0 aliphatic rings. The van der Waals surface area contributed by atoms with Crippen LogP contribution in [0.4, 0.5) is 0 Å². The largest absolute Gasteiger partial charge is 0.237 e. The SMILES string of the molecule is Cc1ccc(S(=O)NC(c2ccccc2)c2ccccc2)cc1. The summed E-state index contributed by atoms with van der Waals surface area (Å²) in [4.78, 5) is 0.785. The number of benzene rings is 3. The van der Waals surface area contributed by atoms with E-state index in [-0.39, 0.29) is 6.04 Å². The molecule has 0 saturated carbocycles. The highest BCUT2D eigenvalue weighted by atomic mass is 32.2. The van der Waals surface area contributed by atoms with Crippen molar-refractivity contribution in [3.8, 4) is 0 Å². The average molecular weight is 321 g/mol. The highest BCUT2D eigenvalue weighted by Gasteiger charge is 2.17. The van der Waals surface area contributed by atoms with Crippen LogP contribution in [-0.2, 0) is 11.0 Å². The van der Waals surface area contributed by atoms with Crippen molar-refractivity contribution in [2.24, 2.45) is 0 Å². The first kappa shape index (κ1) is 15.7. The number of rotatable bonds is 5. The maximum Gasteiger partial charge on any atom is 0.125 e. The first-order chi connectivity index (χ1) is 11.2. The molecule has 116 valence electrons. The van der Waals surface area contributed by atoms with Crippen LogP contribution in [0.5, 0.6) is 0 Å². The van der Waals surface area contributed by atoms with Crippen LogP contribution < -0.4 is 4.72 Å². The van der Waals surface area contributed by atoms with Crippen LogP contribution in [0, 0.1) is 6.92 Å². The van der Waals surface area contributed by atoms with Gasteiger partial charge in [0.15, 0.2) is 0 Å². The first-order valence-electron chi connectivity index (χ1n) is 7.58. The molecule has 2 nitrogen and oxygen atoms in total. The third kappa shape index (κ3) is 3.95. The van der Waals surface area contributed by atoms with E-state index < -0.39 is 11.0 Å². The van der Waals surface area contributed by atoms with Gasteiger partial charge in [-0.1, -0.05) is 78.4 Å². The van der Waals surface area contributed by atoms with E-state index in [1.54, 1.807) is 0 Å². The fraction of sp³-hybridized carbons (Fsp3) is 0.100. The summed E-state index contributed by atoms with van der Waals surface area (Å²) in [6.45, 7) is 2.02. The predicted molar refractivity (Wildman–Crippen MR) is 95.5 cm³/mol. The fourth-order valence-corrected chi connectivity index (χ4v) is 3.46. The summed E-state index contributed by atoms with van der Waals surface area (Å²) in [5.41, 5.74) is 3.35. The van der Waals surface area contributed by atoms with E-state index in [1.165, 1.54) is 0 Å². The van der Waals surface area contributed by atoms with Crippen molar-refractivity contribution in [1.82, 2.24) is 4.72 Å². The van der Waals surface area contributed by atoms with Crippen LogP contribution in [0.15, 0.2) is 89.8 Å². The highest BCUT2D eigenvalue weighted by Crippen LogP contribution is 2.23. The average Bonchev–Trinajstić information content (AvgIpc) is 2.61. The molecule has 0 radical (unpaired) electrons. The van der Waals surface area contributed by atoms with Crippen LogP contribution in [0.25, 0.3) is 0 Å². The van der Waals surface area contributed by atoms with Gasteiger partial charge in [0.1, 0.15) is 11.0 Å². The van der Waals surface area contributed by atoms with Gasteiger partial charge in [-0.25, -0.2) is 8.93 Å². The molecule has 0 aromatic heterocycles. The van der Waals surface area contributed by atoms with Gasteiger partial charge in [-0.2, -0.15) is 0 Å². The molecule has 0 heterocycles. The normalized spacial score (nSPS) is 12.3. The molecule has 0 fully saturated rings. The predicted octanol–water partition coefficient (Wildman–Crippen LogP) is 4.40. The Balaban J connectivity index is 1.90. The Morgan fingerprint density at radius 3 is 1.70 bits per heavy atom. The molecule has 0 aliphatic heterocycles. The van der Waals surface area contributed by atoms with E-state index in [0.717, 1.165) is 21.6 Å². The Labute approximate surface area is 139 Å². The van der Waals surface area contributed by atoms with Crippen molar-refractivity contribution >= 4 is 11.0 Å². The van der Waals surface area contributed by atoms with Crippen LogP contribution in [-0.4, -0.2) is 4.21 Å². The van der Waals surface area contributed by atoms with E-state index in [0.29, 0.717) is 0 Å². The van der Waals surface area contributed by atoms with E-state index in [1.807, 2.05) is 67.6 Å². The van der Waals surface area contributed by atoms with Gasteiger partial charge >= 0.3 is 0 Å². The lowest BCUT2D eigenvalue weighted by Gasteiger charge is -2.19. The van der Waals surface area contributed by atoms with Crippen LogP contribution in [0.2, 0.25) is 0 Å². The molecule has 0 saturated heterocycles. The molecule has 23 heavy (non-hydrogen) atoms. The molecule has 0 spiro atoms. The highest BCUT2D eigenvalue weighted by molar-refractivity contribution is 7.83. The van der Waals surface area contributed by atoms with E-state index in [2.05, 4.69) is 29.0 Å². The maximum atomic E-state index is 12.7. The third-order valence-electron chi connectivity index (χ3n) is 3.73. The van der Waals surface area contributed by atoms with Crippen molar-refractivity contribution in [2.75, 3.05) is 0 Å². The first-order valence-corrected chi connectivity index (χ1v) is 8.73. The Hall–Kier alpha value is -2.23. The minimum atomic E-state index is -1.27. The second-order valence-corrected chi connectivity index (χ2v) is 6.70. The Kier molecular flexibility index (Phi) is 5.01. The molecule has 3 aromatic carbocycles. The number of hydrogen-bond acceptors (Lipinski definition) is 1. The van der Waals surface area contributed by atoms with Crippen molar-refractivity contribution in [3.05, 3.63) is 102 Å². The second kappa shape index (κ2) is 7.36. The number of nitrogens with one attached hydrogen (secondary N) is 1. The molecule has 1 atom stereocenters. The molecule has 0 aliphatic carbocycles. The second-order valence-electron chi connectivity index (χ2n) is 5.45. The van der Waals surface area contributed by atoms with Gasteiger partial charge in [-0.3, -0.25) is 0 Å². The summed E-state index contributed by atoms with van der Waals surface area (Å²) in [7, 11) is -1.27. The zero-order valence-corrected chi connectivity index (χ0v) is 13.8. The molecular weight excluding hydrogens is 302 g/mol. The molecular formula is C20H19NOS. The molecule has 1 unspecified atom stereocenters. The summed E-state index contributed by atoms with van der Waals surface area (Å²) in [5.74, 6) is 0. The van der Waals surface area contributed by atoms with E-state index in [4.69, 9.17) is 0 Å². The molecule has 1 N–H and O–H groups in total. The summed E-state index contributed by atoms with van der Waals surface area (Å²) in [6, 6.07) is 27.9. The fourth-order valence-electron chi connectivity index (χ4n) is 2.46. The standard InChI is InChI=1S/C20H19NOS/c1-16-12-14-19(15-13-16)23(22)21-20(17-8-4-2-5-9-17)18-10-6-3-7-11-18/h2-15,20-21H,1H3. The van der Waals surface area contributed by atoms with Gasteiger partial charge in [0.2, 0.25) is 0 Å². The van der Waals surface area contributed by atoms with E-state index in [9.17, 15) is 4.21 Å². The molecule has 3 rings (SSSR count). The Morgan fingerprint density at radius 1 is 0.739 bits per heavy atom. The topological polar surface area (TPSA) is 29.1 Å². The quantitative estimate of drug-likeness (QED) is 0.741. The van der Waals surface area contributed by atoms with Crippen molar-refractivity contribution < 1.29 is 4.21 Å². The van der Waals surface area contributed by atoms with Crippen LogP contribution >= 0.6 is 0 Å². The van der Waals surface area contributed by atoms with Crippen LogP contribution in [0.3, 0.4) is 0 Å². The Morgan fingerprint density at radius 2 is 1.22 bits per heavy atom. The van der Waals surface area contributed by atoms with Gasteiger partial charge in [0.05, 0.1) is 10.9 Å². The lowest BCUT2D eigenvalue weighted by Crippen LogP contribution is -2.24. The van der Waals surface area contributed by atoms with E-state index >= 15 is 0 Å². The number of aryl methyl sites for hydroxylation is 1. The Bertz CT molecular complexity index is 730. The van der Waals surface area contributed by atoms with Gasteiger partial charge in [-0.15, -0.1) is 0 Å². The summed E-state index contributed by atoms with van der Waals surface area (Å²) >= 11 is 0. The number of hydrogen-bond donors (Lipinski definition) is 1. The monoisotopic (exact) mass is 321 g/mol. The summed E-state index contributed by atoms with van der Waals surface area (Å²) in [6.07, 6.45) is 0. The summed E-state index contributed by atoms with van der Waals surface area (Å²) in [5, 5.41) is 0. The van der Waals surface area contributed by atoms with Crippen molar-refractivity contribution in [1.29, 1.82) is 0 Å². The van der Waals surface area contributed by atoms with Crippen LogP contribution in [0.1, 0.15) is 22.7 Å². The lowest BCUT2D eigenvalue weighted by atomic mass is 10.00.